The van der Waals surface area contributed by atoms with Gasteiger partial charge in [-0.05, 0) is 188 Å². The smallest absolute Gasteiger partial charge is 0.330 e. The molecule has 0 saturated heterocycles. The first-order chi connectivity index (χ1) is 21.5. The Morgan fingerprint density at radius 3 is 2.20 bits per heavy atom. The van der Waals surface area contributed by atoms with Crippen LogP contribution in [0, 0.1) is 52.8 Å². The van der Waals surface area contributed by atoms with E-state index in [4.69, 9.17) is 9.92 Å². The standard InChI is InChI=1S/C36H70N4O4S/c1-26(2)35(44-45(41,42)43)16-9-27(3)33-14-15-34-32-12-10-28-25-29(11-13-30(28)31(32)17-18-36(33,34)4)40-24-8-23-39-21-6-5-20-38-22-7-19-37/h26-35,38-40H,5-25,37H2,1-4H3,(H,41,42,43). The molecule has 45 heavy (non-hydrogen) atoms. The molecular weight excluding hydrogens is 584 g/mol. The Bertz CT molecular complexity index is 967. The van der Waals surface area contributed by atoms with E-state index >= 15 is 0 Å². The highest BCUT2D eigenvalue weighted by Crippen LogP contribution is 2.65. The number of unbranched alkanes of at least 4 members (excludes halogenated alkanes) is 1. The van der Waals surface area contributed by atoms with Gasteiger partial charge in [-0.25, -0.2) is 4.18 Å². The van der Waals surface area contributed by atoms with Gasteiger partial charge in [0.2, 0.25) is 0 Å². The van der Waals surface area contributed by atoms with E-state index in [9.17, 15) is 13.0 Å². The number of rotatable bonds is 20. The van der Waals surface area contributed by atoms with Crippen LogP contribution in [0.15, 0.2) is 0 Å². The molecule has 4 saturated carbocycles. The lowest BCUT2D eigenvalue weighted by atomic mass is 9.49. The summed E-state index contributed by atoms with van der Waals surface area (Å²) < 4.78 is 37.1. The average molecular weight is 655 g/mol. The van der Waals surface area contributed by atoms with Crippen LogP contribution in [-0.2, 0) is 14.6 Å². The fourth-order valence-electron chi connectivity index (χ4n) is 10.8. The molecule has 4 aliphatic carbocycles. The molecule has 0 aliphatic heterocycles. The highest BCUT2D eigenvalue weighted by Gasteiger charge is 2.57. The summed E-state index contributed by atoms with van der Waals surface area (Å²) in [5.41, 5.74) is 5.95. The fourth-order valence-corrected chi connectivity index (χ4v) is 11.4. The molecule has 0 aromatic heterocycles. The second-order valence-electron chi connectivity index (χ2n) is 16.2. The molecule has 0 aromatic rings. The van der Waals surface area contributed by atoms with Crippen LogP contribution in [0.4, 0.5) is 0 Å². The maximum absolute atomic E-state index is 11.4. The van der Waals surface area contributed by atoms with Crippen molar-refractivity contribution >= 4 is 10.4 Å². The molecule has 0 amide bonds. The molecule has 0 spiro atoms. The Kier molecular flexibility index (Phi) is 14.9. The summed E-state index contributed by atoms with van der Waals surface area (Å²) in [4.78, 5) is 0. The molecule has 0 radical (unpaired) electrons. The zero-order chi connectivity index (χ0) is 32.5. The molecule has 0 heterocycles. The van der Waals surface area contributed by atoms with Gasteiger partial charge in [0.25, 0.3) is 0 Å². The minimum Gasteiger partial charge on any atom is -0.330 e. The van der Waals surface area contributed by atoms with Crippen molar-refractivity contribution in [1.29, 1.82) is 0 Å². The summed E-state index contributed by atoms with van der Waals surface area (Å²) in [5.74, 6) is 5.87. The molecule has 4 fully saturated rings. The first-order valence-corrected chi connectivity index (χ1v) is 20.4. The third kappa shape index (κ3) is 10.6. The molecule has 9 heteroatoms. The summed E-state index contributed by atoms with van der Waals surface area (Å²) in [6.07, 6.45) is 18.5. The first kappa shape index (κ1) is 37.5. The number of nitrogens with two attached hydrogens (primary N) is 1. The van der Waals surface area contributed by atoms with Crippen LogP contribution < -0.4 is 21.7 Å². The van der Waals surface area contributed by atoms with Gasteiger partial charge >= 0.3 is 10.4 Å². The van der Waals surface area contributed by atoms with Gasteiger partial charge in [0.05, 0.1) is 6.10 Å². The summed E-state index contributed by atoms with van der Waals surface area (Å²) in [7, 11) is -4.42. The van der Waals surface area contributed by atoms with Crippen molar-refractivity contribution in [3.8, 4) is 0 Å². The van der Waals surface area contributed by atoms with Crippen molar-refractivity contribution in [1.82, 2.24) is 16.0 Å². The van der Waals surface area contributed by atoms with E-state index in [0.717, 1.165) is 81.7 Å². The lowest BCUT2D eigenvalue weighted by Gasteiger charge is -2.57. The highest BCUT2D eigenvalue weighted by atomic mass is 32.3. The minimum atomic E-state index is -4.42. The van der Waals surface area contributed by atoms with Gasteiger partial charge in [0.1, 0.15) is 0 Å². The van der Waals surface area contributed by atoms with Crippen LogP contribution in [0.1, 0.15) is 124 Å². The van der Waals surface area contributed by atoms with E-state index in [1.54, 1.807) is 0 Å². The SMILES string of the molecule is CC(C)C(CCC(C)C1CCC2C3CCC4CC(NCCCNCCCCNCCCN)CCC4C3CCC12C)OS(=O)(=O)O. The topological polar surface area (TPSA) is 126 Å². The molecule has 6 N–H and O–H groups in total. The van der Waals surface area contributed by atoms with Gasteiger partial charge in [0, 0.05) is 6.04 Å². The average Bonchev–Trinajstić information content (AvgIpc) is 3.36. The fraction of sp³-hybridized carbons (Fsp3) is 1.00. The second-order valence-corrected chi connectivity index (χ2v) is 17.2. The molecule has 8 nitrogen and oxygen atoms in total. The Morgan fingerprint density at radius 1 is 0.822 bits per heavy atom. The van der Waals surface area contributed by atoms with Gasteiger partial charge in [-0.1, -0.05) is 27.7 Å². The van der Waals surface area contributed by atoms with E-state index in [0.29, 0.717) is 29.7 Å². The van der Waals surface area contributed by atoms with Crippen LogP contribution in [0.2, 0.25) is 0 Å². The van der Waals surface area contributed by atoms with Crippen LogP contribution in [-0.4, -0.2) is 64.4 Å². The Hall–Kier alpha value is -0.290. The second kappa shape index (κ2) is 17.9. The zero-order valence-corrected chi connectivity index (χ0v) is 30.1. The van der Waals surface area contributed by atoms with E-state index in [1.165, 1.54) is 77.0 Å². The third-order valence-corrected chi connectivity index (χ3v) is 13.6. The summed E-state index contributed by atoms with van der Waals surface area (Å²) in [6, 6.07) is 0.715. The van der Waals surface area contributed by atoms with E-state index < -0.39 is 16.5 Å². The molecule has 10 atom stereocenters. The Morgan fingerprint density at radius 2 is 1.51 bits per heavy atom. The summed E-state index contributed by atoms with van der Waals surface area (Å²) in [6.45, 7) is 15.3. The van der Waals surface area contributed by atoms with Crippen molar-refractivity contribution in [3.05, 3.63) is 0 Å². The molecule has 4 rings (SSSR count). The molecule has 0 aromatic carbocycles. The molecule has 264 valence electrons. The van der Waals surface area contributed by atoms with Gasteiger partial charge in [-0.15, -0.1) is 0 Å². The first-order valence-electron chi connectivity index (χ1n) is 19.0. The Labute approximate surface area is 276 Å². The summed E-state index contributed by atoms with van der Waals surface area (Å²) in [5, 5.41) is 11.0. The van der Waals surface area contributed by atoms with Crippen molar-refractivity contribution in [2.75, 3.05) is 39.3 Å². The monoisotopic (exact) mass is 655 g/mol. The highest BCUT2D eigenvalue weighted by molar-refractivity contribution is 7.80. The molecule has 0 bridgehead atoms. The maximum atomic E-state index is 11.4. The van der Waals surface area contributed by atoms with Gasteiger partial charge < -0.3 is 21.7 Å². The van der Waals surface area contributed by atoms with Crippen LogP contribution in [0.5, 0.6) is 0 Å². The van der Waals surface area contributed by atoms with Crippen LogP contribution in [0.3, 0.4) is 0 Å². The normalized spacial score (nSPS) is 34.7. The number of hydrogen-bond donors (Lipinski definition) is 5. The van der Waals surface area contributed by atoms with Gasteiger partial charge in [0.15, 0.2) is 0 Å². The van der Waals surface area contributed by atoms with Gasteiger partial charge in [-0.2, -0.15) is 8.42 Å². The van der Waals surface area contributed by atoms with E-state index in [1.807, 2.05) is 13.8 Å². The molecule has 4 aliphatic rings. The maximum Gasteiger partial charge on any atom is 0.397 e. The van der Waals surface area contributed by atoms with E-state index in [2.05, 4.69) is 29.8 Å². The third-order valence-electron chi connectivity index (χ3n) is 13.1. The van der Waals surface area contributed by atoms with Crippen molar-refractivity contribution in [3.63, 3.8) is 0 Å². The lowest BCUT2D eigenvalue weighted by molar-refractivity contribution is -0.0720. The van der Waals surface area contributed by atoms with Crippen LogP contribution >= 0.6 is 0 Å². The van der Waals surface area contributed by atoms with E-state index in [-0.39, 0.29) is 5.92 Å². The number of nitrogens with one attached hydrogen (secondary N) is 3. The zero-order valence-electron chi connectivity index (χ0n) is 29.3. The van der Waals surface area contributed by atoms with Gasteiger partial charge in [-0.3, -0.25) is 4.55 Å². The Balaban J connectivity index is 1.16. The number of hydrogen-bond acceptors (Lipinski definition) is 7. The van der Waals surface area contributed by atoms with Crippen molar-refractivity contribution < 1.29 is 17.2 Å². The van der Waals surface area contributed by atoms with Crippen LogP contribution in [0.25, 0.3) is 0 Å². The number of fused-ring (bicyclic) bond motifs is 5. The molecule has 10 unspecified atom stereocenters. The lowest BCUT2D eigenvalue weighted by Crippen LogP contribution is -2.50. The molecular formula is C36H70N4O4S. The quantitative estimate of drug-likeness (QED) is 0.0780. The predicted octanol–water partition coefficient (Wildman–Crippen LogP) is 6.17. The van der Waals surface area contributed by atoms with Crippen molar-refractivity contribution in [2.24, 2.45) is 58.5 Å². The predicted molar refractivity (Wildman–Crippen MR) is 185 cm³/mol. The largest absolute Gasteiger partial charge is 0.397 e. The minimum absolute atomic E-state index is 0.0545. The summed E-state index contributed by atoms with van der Waals surface area (Å²) >= 11 is 0. The van der Waals surface area contributed by atoms with Crippen molar-refractivity contribution in [2.45, 2.75) is 136 Å².